The monoisotopic (exact) mass is 256 g/mol. The summed E-state index contributed by atoms with van der Waals surface area (Å²) in [6.45, 7) is 0.632. The standard InChI is InChI=1S/C3H7ClO.C3H8O4S.Na/c1-5-3-2-4;1-7-2-3-8(4,5)6;/h2-3H2,1H3;2-3H2,1H3,(H,4,5,6);/q;;+1/p-1. The molecule has 8 heteroatoms. The van der Waals surface area contributed by atoms with Gasteiger partial charge in [-0.05, 0) is 0 Å². The zero-order valence-electron chi connectivity index (χ0n) is 8.66. The maximum Gasteiger partial charge on any atom is 1.00 e. The molecule has 0 rings (SSSR count). The third-order valence-electron chi connectivity index (χ3n) is 0.819. The second-order valence-electron chi connectivity index (χ2n) is 1.94. The van der Waals surface area contributed by atoms with Crippen LogP contribution in [0.15, 0.2) is 0 Å². The van der Waals surface area contributed by atoms with Gasteiger partial charge in [0, 0.05) is 20.1 Å². The molecule has 0 radical (unpaired) electrons. The van der Waals surface area contributed by atoms with E-state index in [-0.39, 0.29) is 36.2 Å². The third kappa shape index (κ3) is 29.2. The molecule has 0 N–H and O–H groups in total. The van der Waals surface area contributed by atoms with Crippen LogP contribution in [0.4, 0.5) is 0 Å². The van der Waals surface area contributed by atoms with E-state index in [0.717, 1.165) is 0 Å². The van der Waals surface area contributed by atoms with Gasteiger partial charge in [-0.2, -0.15) is 0 Å². The van der Waals surface area contributed by atoms with Crippen molar-refractivity contribution in [3.8, 4) is 0 Å². The zero-order chi connectivity index (χ0) is 10.7. The van der Waals surface area contributed by atoms with Gasteiger partial charge in [0.25, 0.3) is 0 Å². The fourth-order valence-electron chi connectivity index (χ4n) is 0.263. The predicted octanol–water partition coefficient (Wildman–Crippen LogP) is -2.95. The van der Waals surface area contributed by atoms with Crippen LogP contribution in [0.2, 0.25) is 0 Å². The van der Waals surface area contributed by atoms with Crippen molar-refractivity contribution in [1.29, 1.82) is 0 Å². The van der Waals surface area contributed by atoms with Gasteiger partial charge in [-0.25, -0.2) is 8.42 Å². The van der Waals surface area contributed by atoms with Crippen LogP contribution in [0.1, 0.15) is 0 Å². The largest absolute Gasteiger partial charge is 1.00 e. The molecule has 0 bridgehead atoms. The molecule has 0 unspecified atom stereocenters. The van der Waals surface area contributed by atoms with Crippen LogP contribution in [0.3, 0.4) is 0 Å². The number of rotatable bonds is 5. The predicted molar refractivity (Wildman–Crippen MR) is 49.0 cm³/mol. The van der Waals surface area contributed by atoms with Crippen LogP contribution >= 0.6 is 11.6 Å². The van der Waals surface area contributed by atoms with E-state index in [1.807, 2.05) is 0 Å². The Kier molecular flexibility index (Phi) is 20.7. The van der Waals surface area contributed by atoms with Crippen LogP contribution in [0.5, 0.6) is 0 Å². The molecule has 0 aliphatic carbocycles. The van der Waals surface area contributed by atoms with Crippen molar-refractivity contribution in [2.45, 2.75) is 0 Å². The molecule has 0 amide bonds. The third-order valence-corrected chi connectivity index (χ3v) is 1.64. The van der Waals surface area contributed by atoms with Crippen molar-refractivity contribution in [2.75, 3.05) is 39.1 Å². The Labute approximate surface area is 112 Å². The van der Waals surface area contributed by atoms with Crippen LogP contribution in [0.25, 0.3) is 0 Å². The molecule has 5 nitrogen and oxygen atoms in total. The summed E-state index contributed by atoms with van der Waals surface area (Å²) in [7, 11) is -1.10. The average molecular weight is 257 g/mol. The van der Waals surface area contributed by atoms with E-state index < -0.39 is 15.9 Å². The Morgan fingerprint density at radius 2 is 1.64 bits per heavy atom. The number of hydrogen-bond donors (Lipinski definition) is 0. The van der Waals surface area contributed by atoms with Gasteiger partial charge < -0.3 is 14.0 Å². The zero-order valence-corrected chi connectivity index (χ0v) is 12.2. The molecule has 14 heavy (non-hydrogen) atoms. The maximum atomic E-state index is 9.75. The van der Waals surface area contributed by atoms with Gasteiger partial charge in [0.1, 0.15) is 0 Å². The fraction of sp³-hybridized carbons (Fsp3) is 1.00. The minimum atomic E-state index is -4.06. The summed E-state index contributed by atoms with van der Waals surface area (Å²) in [5, 5.41) is 0. The topological polar surface area (TPSA) is 75.7 Å². The van der Waals surface area contributed by atoms with Gasteiger partial charge in [-0.3, -0.25) is 0 Å². The van der Waals surface area contributed by atoms with Crippen molar-refractivity contribution in [1.82, 2.24) is 0 Å². The average Bonchev–Trinajstić information content (AvgIpc) is 2.02. The summed E-state index contributed by atoms with van der Waals surface area (Å²) < 4.78 is 38.2. The smallest absolute Gasteiger partial charge is 0.748 e. The van der Waals surface area contributed by atoms with E-state index in [4.69, 9.17) is 11.6 Å². The minimum absolute atomic E-state index is 0. The Balaban J connectivity index is -0.000000177. The molecule has 0 saturated carbocycles. The van der Waals surface area contributed by atoms with E-state index in [2.05, 4.69) is 9.47 Å². The van der Waals surface area contributed by atoms with Crippen LogP contribution in [-0.2, 0) is 19.6 Å². The Hall–Kier alpha value is 1.12. The number of halogens is 1. The summed E-state index contributed by atoms with van der Waals surface area (Å²) >= 11 is 5.18. The van der Waals surface area contributed by atoms with E-state index in [9.17, 15) is 13.0 Å². The molecule has 0 aromatic rings. The van der Waals surface area contributed by atoms with Gasteiger partial charge in [-0.15, -0.1) is 11.6 Å². The van der Waals surface area contributed by atoms with Gasteiger partial charge in [0.15, 0.2) is 0 Å². The first-order valence-corrected chi connectivity index (χ1v) is 5.56. The first-order valence-electron chi connectivity index (χ1n) is 3.45. The fourth-order valence-corrected chi connectivity index (χ4v) is 0.788. The number of hydrogen-bond acceptors (Lipinski definition) is 5. The van der Waals surface area contributed by atoms with E-state index >= 15 is 0 Å². The SMILES string of the molecule is COCCCl.COCCS(=O)(=O)[O-].[Na+]. The number of ether oxygens (including phenoxy) is 2. The molecule has 0 spiro atoms. The molecule has 0 heterocycles. The molecular formula is C6H14ClNaO5S. The summed E-state index contributed by atoms with van der Waals surface area (Å²) in [4.78, 5) is 0. The second-order valence-corrected chi connectivity index (χ2v) is 3.84. The molecule has 0 saturated heterocycles. The van der Waals surface area contributed by atoms with Crippen molar-refractivity contribution in [3.05, 3.63) is 0 Å². The Bertz CT molecular complexity index is 183. The van der Waals surface area contributed by atoms with Gasteiger partial charge in [0.2, 0.25) is 0 Å². The summed E-state index contributed by atoms with van der Waals surface area (Å²) in [5.74, 6) is 0.153. The molecule has 0 atom stereocenters. The number of alkyl halides is 1. The van der Waals surface area contributed by atoms with Crippen molar-refractivity contribution >= 4 is 21.7 Å². The van der Waals surface area contributed by atoms with Gasteiger partial charge in [-0.1, -0.05) is 0 Å². The van der Waals surface area contributed by atoms with E-state index in [1.165, 1.54) is 7.11 Å². The molecule has 0 aromatic heterocycles. The molecule has 0 aliphatic rings. The van der Waals surface area contributed by atoms with Crippen LogP contribution in [0, 0.1) is 0 Å². The first kappa shape index (κ1) is 20.5. The van der Waals surface area contributed by atoms with Crippen LogP contribution < -0.4 is 29.6 Å². The van der Waals surface area contributed by atoms with Gasteiger partial charge >= 0.3 is 29.6 Å². The number of methoxy groups -OCH3 is 2. The molecule has 0 fully saturated rings. The summed E-state index contributed by atoms with van der Waals surface area (Å²) in [5.41, 5.74) is 0. The molecule has 0 aromatic carbocycles. The Morgan fingerprint density at radius 3 is 1.71 bits per heavy atom. The molecular weight excluding hydrogens is 243 g/mol. The summed E-state index contributed by atoms with van der Waals surface area (Å²) in [6, 6.07) is 0. The Morgan fingerprint density at radius 1 is 1.21 bits per heavy atom. The van der Waals surface area contributed by atoms with Crippen molar-refractivity contribution < 1.29 is 52.0 Å². The van der Waals surface area contributed by atoms with Gasteiger partial charge in [0.05, 0.1) is 29.1 Å². The quantitative estimate of drug-likeness (QED) is 0.299. The normalized spacial score (nSPS) is 9.71. The van der Waals surface area contributed by atoms with Crippen LogP contribution in [-0.4, -0.2) is 52.0 Å². The van der Waals surface area contributed by atoms with Crippen molar-refractivity contribution in [2.24, 2.45) is 0 Å². The summed E-state index contributed by atoms with van der Waals surface area (Å²) in [6.07, 6.45) is 0. The van der Waals surface area contributed by atoms with E-state index in [0.29, 0.717) is 12.5 Å². The second kappa shape index (κ2) is 14.1. The first-order chi connectivity index (χ1) is 5.97. The molecule has 0 aliphatic heterocycles. The van der Waals surface area contributed by atoms with Crippen molar-refractivity contribution in [3.63, 3.8) is 0 Å². The minimum Gasteiger partial charge on any atom is -0.748 e. The maximum absolute atomic E-state index is 9.75. The molecule has 82 valence electrons. The van der Waals surface area contributed by atoms with E-state index in [1.54, 1.807) is 7.11 Å².